The van der Waals surface area contributed by atoms with Gasteiger partial charge in [0, 0.05) is 5.56 Å². The molecule has 6 nitrogen and oxygen atoms in total. The van der Waals surface area contributed by atoms with Crippen LogP contribution in [0.4, 0.5) is 5.95 Å². The minimum atomic E-state index is -1.10. The van der Waals surface area contributed by atoms with E-state index in [9.17, 15) is 9.59 Å². The van der Waals surface area contributed by atoms with Crippen LogP contribution >= 0.6 is 15.9 Å². The molecule has 0 aliphatic carbocycles. The molecule has 0 aliphatic heterocycles. The van der Waals surface area contributed by atoms with Gasteiger partial charge in [0.2, 0.25) is 5.95 Å². The molecule has 0 atom stereocenters. The van der Waals surface area contributed by atoms with Crippen molar-refractivity contribution in [3.63, 3.8) is 0 Å². The zero-order valence-corrected chi connectivity index (χ0v) is 10.6. The third kappa shape index (κ3) is 2.12. The number of aromatic amines is 1. The van der Waals surface area contributed by atoms with Crippen molar-refractivity contribution in [1.82, 2.24) is 9.97 Å². The van der Waals surface area contributed by atoms with Crippen molar-refractivity contribution >= 4 is 27.8 Å². The Balaban J connectivity index is 2.77. The number of nitrogen functional groups attached to an aromatic ring is 1. The Labute approximate surface area is 110 Å². The van der Waals surface area contributed by atoms with Gasteiger partial charge in [-0.3, -0.25) is 9.78 Å². The smallest absolute Gasteiger partial charge is 0.336 e. The highest BCUT2D eigenvalue weighted by molar-refractivity contribution is 9.10. The molecule has 0 amide bonds. The number of halogens is 1. The summed E-state index contributed by atoms with van der Waals surface area (Å²) < 4.78 is 0.144. The largest absolute Gasteiger partial charge is 0.478 e. The summed E-state index contributed by atoms with van der Waals surface area (Å²) in [6.45, 7) is 0. The summed E-state index contributed by atoms with van der Waals surface area (Å²) in [7, 11) is 0. The maximum atomic E-state index is 11.5. The maximum absolute atomic E-state index is 11.5. The molecule has 4 N–H and O–H groups in total. The van der Waals surface area contributed by atoms with Gasteiger partial charge in [-0.2, -0.15) is 0 Å². The quantitative estimate of drug-likeness (QED) is 0.778. The number of anilines is 1. The molecule has 1 heterocycles. The molecule has 92 valence electrons. The van der Waals surface area contributed by atoms with E-state index >= 15 is 0 Å². The monoisotopic (exact) mass is 309 g/mol. The Morgan fingerprint density at radius 2 is 2.06 bits per heavy atom. The van der Waals surface area contributed by atoms with E-state index in [1.54, 1.807) is 18.2 Å². The van der Waals surface area contributed by atoms with Crippen LogP contribution in [0.2, 0.25) is 0 Å². The second-order valence-electron chi connectivity index (χ2n) is 3.46. The van der Waals surface area contributed by atoms with Crippen LogP contribution in [0, 0.1) is 0 Å². The Kier molecular flexibility index (Phi) is 3.15. The van der Waals surface area contributed by atoms with Gasteiger partial charge < -0.3 is 10.8 Å². The van der Waals surface area contributed by atoms with E-state index in [2.05, 4.69) is 25.9 Å². The van der Waals surface area contributed by atoms with Crippen LogP contribution in [-0.4, -0.2) is 21.0 Å². The standard InChI is InChI=1S/C11H8BrN3O3/c12-7-8(14-11(13)15-9(7)16)5-3-1-2-4-6(5)10(17)18/h1-4H,(H,17,18)(H3,13,14,15,16). The zero-order valence-electron chi connectivity index (χ0n) is 8.98. The summed E-state index contributed by atoms with van der Waals surface area (Å²) in [4.78, 5) is 28.9. The van der Waals surface area contributed by atoms with Gasteiger partial charge in [-0.05, 0) is 22.0 Å². The molecule has 0 saturated carbocycles. The summed E-state index contributed by atoms with van der Waals surface area (Å²) in [5.74, 6) is -1.17. The lowest BCUT2D eigenvalue weighted by atomic mass is 10.0. The van der Waals surface area contributed by atoms with Gasteiger partial charge in [-0.15, -0.1) is 0 Å². The minimum absolute atomic E-state index is 0.0516. The van der Waals surface area contributed by atoms with Gasteiger partial charge in [0.25, 0.3) is 5.56 Å². The number of hydrogen-bond acceptors (Lipinski definition) is 4. The molecule has 2 rings (SSSR count). The first-order valence-corrected chi connectivity index (χ1v) is 5.68. The van der Waals surface area contributed by atoms with Crippen LogP contribution in [0.15, 0.2) is 33.5 Å². The number of carboxylic acids is 1. The van der Waals surface area contributed by atoms with Crippen molar-refractivity contribution in [3.05, 3.63) is 44.7 Å². The summed E-state index contributed by atoms with van der Waals surface area (Å²) in [5.41, 5.74) is 5.58. The molecular formula is C11H8BrN3O3. The van der Waals surface area contributed by atoms with Gasteiger partial charge in [-0.1, -0.05) is 18.2 Å². The van der Waals surface area contributed by atoms with Crippen molar-refractivity contribution in [2.24, 2.45) is 0 Å². The van der Waals surface area contributed by atoms with E-state index in [-0.39, 0.29) is 21.7 Å². The number of aromatic nitrogens is 2. The molecular weight excluding hydrogens is 302 g/mol. The van der Waals surface area contributed by atoms with Gasteiger partial charge in [0.1, 0.15) is 4.47 Å². The average Bonchev–Trinajstić information content (AvgIpc) is 2.33. The van der Waals surface area contributed by atoms with E-state index in [1.807, 2.05) is 0 Å². The molecule has 0 spiro atoms. The third-order valence-corrected chi connectivity index (χ3v) is 3.03. The molecule has 0 aliphatic rings. The number of nitrogens with one attached hydrogen (secondary N) is 1. The molecule has 0 fully saturated rings. The van der Waals surface area contributed by atoms with Crippen molar-refractivity contribution in [2.75, 3.05) is 5.73 Å². The predicted molar refractivity (Wildman–Crippen MR) is 69.4 cm³/mol. The van der Waals surface area contributed by atoms with Crippen molar-refractivity contribution in [1.29, 1.82) is 0 Å². The van der Waals surface area contributed by atoms with Crippen molar-refractivity contribution < 1.29 is 9.90 Å². The van der Waals surface area contributed by atoms with E-state index in [1.165, 1.54) is 6.07 Å². The molecule has 1 aromatic carbocycles. The number of rotatable bonds is 2. The van der Waals surface area contributed by atoms with Crippen molar-refractivity contribution in [2.45, 2.75) is 0 Å². The lowest BCUT2D eigenvalue weighted by Gasteiger charge is -2.07. The van der Waals surface area contributed by atoms with Gasteiger partial charge in [-0.25, -0.2) is 9.78 Å². The summed E-state index contributed by atoms with van der Waals surface area (Å²) in [5, 5.41) is 9.10. The predicted octanol–water partition coefficient (Wildman–Crippen LogP) is 1.48. The second kappa shape index (κ2) is 4.61. The SMILES string of the molecule is Nc1nc(-c2ccccc2C(=O)O)c(Br)c(=O)[nH]1. The molecule has 0 bridgehead atoms. The number of benzene rings is 1. The fourth-order valence-corrected chi connectivity index (χ4v) is 1.93. The van der Waals surface area contributed by atoms with Gasteiger partial charge >= 0.3 is 5.97 Å². The number of nitrogens with two attached hydrogens (primary N) is 1. The van der Waals surface area contributed by atoms with E-state index < -0.39 is 11.5 Å². The lowest BCUT2D eigenvalue weighted by Crippen LogP contribution is -2.14. The fraction of sp³-hybridized carbons (Fsp3) is 0. The lowest BCUT2D eigenvalue weighted by molar-refractivity contribution is 0.0697. The number of nitrogens with zero attached hydrogens (tertiary/aromatic N) is 1. The summed E-state index contributed by atoms with van der Waals surface area (Å²) in [6, 6.07) is 6.25. The maximum Gasteiger partial charge on any atom is 0.336 e. The highest BCUT2D eigenvalue weighted by Crippen LogP contribution is 2.26. The Morgan fingerprint density at radius 3 is 2.72 bits per heavy atom. The first-order valence-electron chi connectivity index (χ1n) is 4.88. The Bertz CT molecular complexity index is 681. The van der Waals surface area contributed by atoms with Crippen molar-refractivity contribution in [3.8, 4) is 11.3 Å². The number of H-pyrrole nitrogens is 1. The zero-order chi connectivity index (χ0) is 13.3. The highest BCUT2D eigenvalue weighted by Gasteiger charge is 2.16. The normalized spacial score (nSPS) is 10.3. The summed E-state index contributed by atoms with van der Waals surface area (Å²) >= 11 is 3.08. The first kappa shape index (κ1) is 12.3. The van der Waals surface area contributed by atoms with Crippen LogP contribution in [0.5, 0.6) is 0 Å². The van der Waals surface area contributed by atoms with Crippen LogP contribution in [0.25, 0.3) is 11.3 Å². The Hall–Kier alpha value is -2.15. The van der Waals surface area contributed by atoms with Gasteiger partial charge in [0.15, 0.2) is 0 Å². The third-order valence-electron chi connectivity index (χ3n) is 2.29. The minimum Gasteiger partial charge on any atom is -0.478 e. The number of aromatic carboxylic acids is 1. The Morgan fingerprint density at radius 1 is 1.39 bits per heavy atom. The summed E-state index contributed by atoms with van der Waals surface area (Å²) in [6.07, 6.45) is 0. The number of hydrogen-bond donors (Lipinski definition) is 3. The first-order chi connectivity index (χ1) is 8.50. The molecule has 2 aromatic rings. The van der Waals surface area contributed by atoms with Gasteiger partial charge in [0.05, 0.1) is 11.3 Å². The van der Waals surface area contributed by atoms with E-state index in [0.29, 0.717) is 5.56 Å². The molecule has 18 heavy (non-hydrogen) atoms. The average molecular weight is 310 g/mol. The number of carboxylic acid groups (broad SMARTS) is 1. The molecule has 0 unspecified atom stereocenters. The van der Waals surface area contributed by atoms with E-state index in [0.717, 1.165) is 0 Å². The topological polar surface area (TPSA) is 109 Å². The highest BCUT2D eigenvalue weighted by atomic mass is 79.9. The van der Waals surface area contributed by atoms with Crippen LogP contribution < -0.4 is 11.3 Å². The molecule has 1 aromatic heterocycles. The molecule has 0 radical (unpaired) electrons. The second-order valence-corrected chi connectivity index (χ2v) is 4.26. The van der Waals surface area contributed by atoms with Crippen LogP contribution in [0.3, 0.4) is 0 Å². The fourth-order valence-electron chi connectivity index (χ4n) is 1.53. The van der Waals surface area contributed by atoms with Crippen LogP contribution in [0.1, 0.15) is 10.4 Å². The van der Waals surface area contributed by atoms with Crippen LogP contribution in [-0.2, 0) is 0 Å². The molecule has 7 heteroatoms. The van der Waals surface area contributed by atoms with E-state index in [4.69, 9.17) is 10.8 Å². The molecule has 0 saturated heterocycles. The number of carbonyl (C=O) groups is 1.